The highest BCUT2D eigenvalue weighted by Crippen LogP contribution is 2.33. The van der Waals surface area contributed by atoms with E-state index in [4.69, 9.17) is 5.73 Å². The van der Waals surface area contributed by atoms with Crippen LogP contribution in [-0.2, 0) is 6.42 Å². The van der Waals surface area contributed by atoms with Gasteiger partial charge in [-0.05, 0) is 43.1 Å². The second-order valence-corrected chi connectivity index (χ2v) is 8.17. The molecule has 0 aliphatic carbocycles. The minimum Gasteiger partial charge on any atom is -0.368 e. The molecule has 3 aromatic rings. The van der Waals surface area contributed by atoms with E-state index >= 15 is 0 Å². The van der Waals surface area contributed by atoms with Crippen LogP contribution in [0.25, 0.3) is 10.1 Å². The molecule has 1 fully saturated rings. The predicted molar refractivity (Wildman–Crippen MR) is 121 cm³/mol. The Morgan fingerprint density at radius 3 is 2.46 bits per heavy atom. The fourth-order valence-electron chi connectivity index (χ4n) is 3.81. The number of halogens is 1. The van der Waals surface area contributed by atoms with Gasteiger partial charge in [0, 0.05) is 42.0 Å². The Bertz CT molecular complexity index is 920. The molecule has 4 nitrogen and oxygen atoms in total. The standard InChI is InChI=1S/C22H25N3OS.ClH/c23-22(26)21-16-18-19(9-4-10-20(18)27-21)25-14-12-24(13-15-25)11-5-8-17-6-2-1-3-7-17;/h1-4,6-7,9-10,16H,5,8,11-15H2,(H2,23,26);1H. The third-order valence-corrected chi connectivity index (χ3v) is 6.39. The lowest BCUT2D eigenvalue weighted by molar-refractivity contribution is 0.100. The molecule has 1 aliphatic rings. The summed E-state index contributed by atoms with van der Waals surface area (Å²) in [6.45, 7) is 5.35. The number of benzene rings is 2. The summed E-state index contributed by atoms with van der Waals surface area (Å²) in [5, 5.41) is 1.15. The monoisotopic (exact) mass is 415 g/mol. The Balaban J connectivity index is 0.00000225. The van der Waals surface area contributed by atoms with Crippen molar-refractivity contribution >= 4 is 45.4 Å². The van der Waals surface area contributed by atoms with Crippen LogP contribution in [-0.4, -0.2) is 43.5 Å². The molecule has 148 valence electrons. The maximum Gasteiger partial charge on any atom is 0.258 e. The van der Waals surface area contributed by atoms with Gasteiger partial charge in [0.2, 0.25) is 0 Å². The second-order valence-electron chi connectivity index (χ2n) is 7.08. The minimum absolute atomic E-state index is 0. The summed E-state index contributed by atoms with van der Waals surface area (Å²) in [5.74, 6) is -0.342. The molecule has 6 heteroatoms. The number of hydrogen-bond acceptors (Lipinski definition) is 4. The van der Waals surface area contributed by atoms with Crippen LogP contribution < -0.4 is 10.6 Å². The van der Waals surface area contributed by atoms with E-state index in [1.165, 1.54) is 29.0 Å². The van der Waals surface area contributed by atoms with Gasteiger partial charge in [0.25, 0.3) is 5.91 Å². The quantitative estimate of drug-likeness (QED) is 0.657. The molecule has 0 atom stereocenters. The van der Waals surface area contributed by atoms with Crippen LogP contribution in [0.3, 0.4) is 0 Å². The normalized spacial score (nSPS) is 14.8. The summed E-state index contributed by atoms with van der Waals surface area (Å²) >= 11 is 1.48. The number of thiophene rings is 1. The lowest BCUT2D eigenvalue weighted by atomic mass is 10.1. The Morgan fingerprint density at radius 1 is 1.00 bits per heavy atom. The van der Waals surface area contributed by atoms with Crippen molar-refractivity contribution in [2.75, 3.05) is 37.6 Å². The van der Waals surface area contributed by atoms with E-state index in [-0.39, 0.29) is 18.3 Å². The first-order chi connectivity index (χ1) is 13.2. The molecule has 2 aromatic carbocycles. The highest BCUT2D eigenvalue weighted by Gasteiger charge is 2.19. The summed E-state index contributed by atoms with van der Waals surface area (Å²) in [4.78, 5) is 17.1. The Morgan fingerprint density at radius 2 is 1.75 bits per heavy atom. The molecule has 1 aromatic heterocycles. The van der Waals surface area contributed by atoms with Crippen molar-refractivity contribution in [3.63, 3.8) is 0 Å². The van der Waals surface area contributed by atoms with Gasteiger partial charge in [-0.25, -0.2) is 0 Å². The van der Waals surface area contributed by atoms with E-state index in [2.05, 4.69) is 58.3 Å². The van der Waals surface area contributed by atoms with Crippen LogP contribution in [0.1, 0.15) is 21.7 Å². The fourth-order valence-corrected chi connectivity index (χ4v) is 4.74. The van der Waals surface area contributed by atoms with Gasteiger partial charge in [0.15, 0.2) is 0 Å². The van der Waals surface area contributed by atoms with E-state index in [9.17, 15) is 4.79 Å². The molecule has 0 saturated carbocycles. The second kappa shape index (κ2) is 9.41. The number of carbonyl (C=O) groups is 1. The largest absolute Gasteiger partial charge is 0.368 e. The van der Waals surface area contributed by atoms with Crippen molar-refractivity contribution in [1.29, 1.82) is 0 Å². The van der Waals surface area contributed by atoms with Gasteiger partial charge in [0.05, 0.1) is 4.88 Å². The molecule has 0 bridgehead atoms. The molecule has 1 saturated heterocycles. The number of primary amides is 1. The third-order valence-electron chi connectivity index (χ3n) is 5.28. The lowest BCUT2D eigenvalue weighted by Gasteiger charge is -2.36. The van der Waals surface area contributed by atoms with E-state index in [0.717, 1.165) is 49.2 Å². The van der Waals surface area contributed by atoms with Crippen LogP contribution in [0.2, 0.25) is 0 Å². The van der Waals surface area contributed by atoms with Gasteiger partial charge < -0.3 is 10.6 Å². The Labute approximate surface area is 176 Å². The molecular formula is C22H26ClN3OS. The Kier molecular flexibility index (Phi) is 6.94. The topological polar surface area (TPSA) is 49.6 Å². The zero-order valence-corrected chi connectivity index (χ0v) is 17.5. The number of nitrogens with two attached hydrogens (primary N) is 1. The molecule has 0 spiro atoms. The number of aryl methyl sites for hydroxylation is 1. The minimum atomic E-state index is -0.342. The molecule has 2 heterocycles. The van der Waals surface area contributed by atoms with Gasteiger partial charge in [-0.15, -0.1) is 23.7 Å². The predicted octanol–water partition coefficient (Wildman–Crippen LogP) is 4.18. The molecule has 2 N–H and O–H groups in total. The number of rotatable bonds is 6. The molecule has 4 rings (SSSR count). The van der Waals surface area contributed by atoms with Gasteiger partial charge in [-0.3, -0.25) is 9.69 Å². The number of amides is 1. The van der Waals surface area contributed by atoms with Gasteiger partial charge in [0.1, 0.15) is 0 Å². The first-order valence-corrected chi connectivity index (χ1v) is 10.4. The van der Waals surface area contributed by atoms with E-state index < -0.39 is 0 Å². The summed E-state index contributed by atoms with van der Waals surface area (Å²) in [6.07, 6.45) is 2.34. The zero-order chi connectivity index (χ0) is 18.6. The van der Waals surface area contributed by atoms with Crippen LogP contribution in [0, 0.1) is 0 Å². The number of nitrogens with zero attached hydrogens (tertiary/aromatic N) is 2. The van der Waals surface area contributed by atoms with Crippen molar-refractivity contribution in [2.24, 2.45) is 5.73 Å². The van der Waals surface area contributed by atoms with Crippen molar-refractivity contribution in [3.05, 3.63) is 65.0 Å². The maximum absolute atomic E-state index is 11.5. The number of piperazine rings is 1. The summed E-state index contributed by atoms with van der Waals surface area (Å²) in [5.41, 5.74) is 8.11. The SMILES string of the molecule is Cl.NC(=O)c1cc2c(N3CCN(CCCc4ccccc4)CC3)cccc2s1. The smallest absolute Gasteiger partial charge is 0.258 e. The first-order valence-electron chi connectivity index (χ1n) is 9.54. The van der Waals surface area contributed by atoms with E-state index in [1.807, 2.05) is 6.07 Å². The van der Waals surface area contributed by atoms with Gasteiger partial charge in [-0.1, -0.05) is 36.4 Å². The summed E-state index contributed by atoms with van der Waals surface area (Å²) in [6, 6.07) is 19.0. The van der Waals surface area contributed by atoms with E-state index in [0.29, 0.717) is 4.88 Å². The van der Waals surface area contributed by atoms with Crippen molar-refractivity contribution < 1.29 is 4.79 Å². The van der Waals surface area contributed by atoms with Crippen molar-refractivity contribution in [3.8, 4) is 0 Å². The number of hydrogen-bond donors (Lipinski definition) is 1. The molecule has 28 heavy (non-hydrogen) atoms. The average Bonchev–Trinajstić information content (AvgIpc) is 3.14. The Hall–Kier alpha value is -2.08. The highest BCUT2D eigenvalue weighted by atomic mass is 35.5. The molecule has 0 radical (unpaired) electrons. The van der Waals surface area contributed by atoms with Gasteiger partial charge >= 0.3 is 0 Å². The number of anilines is 1. The number of fused-ring (bicyclic) bond motifs is 1. The maximum atomic E-state index is 11.5. The first kappa shape index (κ1) is 20.6. The fraction of sp³-hybridized carbons (Fsp3) is 0.318. The average molecular weight is 416 g/mol. The van der Waals surface area contributed by atoms with Crippen LogP contribution >= 0.6 is 23.7 Å². The van der Waals surface area contributed by atoms with Crippen LogP contribution in [0.15, 0.2) is 54.6 Å². The van der Waals surface area contributed by atoms with Gasteiger partial charge in [-0.2, -0.15) is 0 Å². The third kappa shape index (κ3) is 4.66. The molecule has 1 aliphatic heterocycles. The molecular weight excluding hydrogens is 390 g/mol. The summed E-state index contributed by atoms with van der Waals surface area (Å²) < 4.78 is 1.13. The molecule has 1 amide bonds. The van der Waals surface area contributed by atoms with E-state index in [1.54, 1.807) is 0 Å². The summed E-state index contributed by atoms with van der Waals surface area (Å²) in [7, 11) is 0. The number of carbonyl (C=O) groups excluding carboxylic acids is 1. The highest BCUT2D eigenvalue weighted by molar-refractivity contribution is 7.20. The van der Waals surface area contributed by atoms with Crippen LogP contribution in [0.5, 0.6) is 0 Å². The van der Waals surface area contributed by atoms with Crippen LogP contribution in [0.4, 0.5) is 5.69 Å². The zero-order valence-electron chi connectivity index (χ0n) is 15.8. The molecule has 0 unspecified atom stereocenters. The van der Waals surface area contributed by atoms with Crippen molar-refractivity contribution in [1.82, 2.24) is 4.90 Å². The van der Waals surface area contributed by atoms with Crippen molar-refractivity contribution in [2.45, 2.75) is 12.8 Å². The lowest BCUT2D eigenvalue weighted by Crippen LogP contribution is -2.46.